The van der Waals surface area contributed by atoms with E-state index >= 15 is 0 Å². The van der Waals surface area contributed by atoms with Gasteiger partial charge in [-0.05, 0) is 42.0 Å². The second-order valence-electron chi connectivity index (χ2n) is 8.30. The van der Waals surface area contributed by atoms with E-state index in [9.17, 15) is 18.0 Å². The maximum absolute atomic E-state index is 13.2. The Bertz CT molecular complexity index is 1560. The topological polar surface area (TPSA) is 91.2 Å². The minimum atomic E-state index is -4.43. The first-order valence-electron chi connectivity index (χ1n) is 11.0. The van der Waals surface area contributed by atoms with Gasteiger partial charge < -0.3 is 10.2 Å². The first-order chi connectivity index (χ1) is 17.7. The molecule has 0 aliphatic rings. The molecule has 1 amide bonds. The van der Waals surface area contributed by atoms with Crippen molar-refractivity contribution in [3.8, 4) is 11.3 Å². The van der Waals surface area contributed by atoms with Crippen LogP contribution in [-0.2, 0) is 12.7 Å². The second-order valence-corrected chi connectivity index (χ2v) is 8.74. The second kappa shape index (κ2) is 9.58. The van der Waals surface area contributed by atoms with Gasteiger partial charge in [0.05, 0.1) is 17.5 Å². The molecular weight excluding hydrogens is 507 g/mol. The molecule has 0 atom stereocenters. The van der Waals surface area contributed by atoms with Crippen LogP contribution in [0.15, 0.2) is 73.1 Å². The van der Waals surface area contributed by atoms with Crippen LogP contribution in [0.25, 0.3) is 16.9 Å². The average molecular weight is 526 g/mol. The molecule has 2 N–H and O–H groups in total. The van der Waals surface area contributed by atoms with Gasteiger partial charge in [0.1, 0.15) is 5.82 Å². The van der Waals surface area contributed by atoms with Crippen LogP contribution in [0.5, 0.6) is 0 Å². The molecular formula is C25H19ClF3N7O. The predicted molar refractivity (Wildman–Crippen MR) is 134 cm³/mol. The number of hydrogen-bond acceptors (Lipinski definition) is 5. The molecule has 5 aromatic rings. The number of carbonyl (C=O) groups excluding carboxylic acids is 1. The monoisotopic (exact) mass is 525 g/mol. The minimum Gasteiger partial charge on any atom is -0.355 e. The largest absolute Gasteiger partial charge is 0.416 e. The van der Waals surface area contributed by atoms with E-state index in [1.807, 2.05) is 0 Å². The maximum atomic E-state index is 13.2. The molecule has 0 saturated heterocycles. The van der Waals surface area contributed by atoms with Gasteiger partial charge in [-0.3, -0.25) is 9.89 Å². The number of anilines is 2. The number of nitrogens with zero attached hydrogens (tertiary/aromatic N) is 5. The van der Waals surface area contributed by atoms with Crippen LogP contribution in [0, 0.1) is 0 Å². The van der Waals surface area contributed by atoms with Crippen molar-refractivity contribution < 1.29 is 18.0 Å². The van der Waals surface area contributed by atoms with Gasteiger partial charge in [-0.15, -0.1) is 0 Å². The van der Waals surface area contributed by atoms with Crippen LogP contribution >= 0.6 is 11.6 Å². The molecule has 0 bridgehead atoms. The van der Waals surface area contributed by atoms with Crippen LogP contribution in [0.1, 0.15) is 21.6 Å². The lowest BCUT2D eigenvalue weighted by molar-refractivity contribution is -0.137. The van der Waals surface area contributed by atoms with Crippen LogP contribution < -0.4 is 10.2 Å². The van der Waals surface area contributed by atoms with Crippen LogP contribution in [0.3, 0.4) is 0 Å². The lowest BCUT2D eigenvalue weighted by atomic mass is 10.1. The Kier molecular flexibility index (Phi) is 6.30. The van der Waals surface area contributed by atoms with E-state index < -0.39 is 17.6 Å². The molecule has 0 saturated carbocycles. The number of benzene rings is 2. The summed E-state index contributed by atoms with van der Waals surface area (Å²) >= 11 is 5.91. The molecule has 0 unspecified atom stereocenters. The predicted octanol–water partition coefficient (Wildman–Crippen LogP) is 5.68. The van der Waals surface area contributed by atoms with Crippen molar-refractivity contribution in [2.45, 2.75) is 12.7 Å². The number of amides is 1. The summed E-state index contributed by atoms with van der Waals surface area (Å²) in [7, 11) is 1.72. The van der Waals surface area contributed by atoms with Crippen molar-refractivity contribution in [3.05, 3.63) is 94.9 Å². The number of alkyl halides is 3. The van der Waals surface area contributed by atoms with Crippen molar-refractivity contribution in [1.29, 1.82) is 0 Å². The fourth-order valence-electron chi connectivity index (χ4n) is 3.79. The van der Waals surface area contributed by atoms with Crippen molar-refractivity contribution in [1.82, 2.24) is 24.8 Å². The molecule has 0 fully saturated rings. The van der Waals surface area contributed by atoms with Crippen molar-refractivity contribution in [3.63, 3.8) is 0 Å². The van der Waals surface area contributed by atoms with E-state index in [2.05, 4.69) is 25.6 Å². The van der Waals surface area contributed by atoms with E-state index in [0.717, 1.165) is 12.1 Å². The van der Waals surface area contributed by atoms with E-state index in [1.165, 1.54) is 16.6 Å². The summed E-state index contributed by atoms with van der Waals surface area (Å²) in [5.74, 6) is 0.0375. The highest BCUT2D eigenvalue weighted by Crippen LogP contribution is 2.30. The van der Waals surface area contributed by atoms with E-state index in [4.69, 9.17) is 11.6 Å². The third-order valence-electron chi connectivity index (χ3n) is 5.61. The molecule has 2 aromatic carbocycles. The molecule has 8 nitrogen and oxygen atoms in total. The van der Waals surface area contributed by atoms with Gasteiger partial charge in [0.15, 0.2) is 11.3 Å². The maximum Gasteiger partial charge on any atom is 0.416 e. The zero-order valence-corrected chi connectivity index (χ0v) is 20.0. The Morgan fingerprint density at radius 1 is 1.14 bits per heavy atom. The molecule has 0 spiro atoms. The van der Waals surface area contributed by atoms with E-state index in [0.29, 0.717) is 39.0 Å². The number of carbonyl (C=O) groups is 1. The number of hydrogen-bond donors (Lipinski definition) is 2. The molecule has 3 aromatic heterocycles. The zero-order chi connectivity index (χ0) is 26.2. The quantitative estimate of drug-likeness (QED) is 0.297. The standard InChI is InChI=1S/C25H19ClF3N7O/c1-35(14-15-3-2-4-17(9-15)25(27,28)29)22-11-21(16-12-30-31-13-16)36-23(33-22)10-20(34-36)24(37)32-19-7-5-18(26)6-8-19/h2-13H,14H2,1H3,(H,30,31)(H,32,37). The van der Waals surface area contributed by atoms with Crippen molar-refractivity contribution >= 4 is 34.7 Å². The first kappa shape index (κ1) is 24.3. The highest BCUT2D eigenvalue weighted by atomic mass is 35.5. The summed E-state index contributed by atoms with van der Waals surface area (Å²) in [6.07, 6.45) is -1.16. The number of nitrogens with one attached hydrogen (secondary N) is 2. The lowest BCUT2D eigenvalue weighted by Gasteiger charge is -2.20. The smallest absolute Gasteiger partial charge is 0.355 e. The molecule has 12 heteroatoms. The summed E-state index contributed by atoms with van der Waals surface area (Å²) in [4.78, 5) is 19.2. The van der Waals surface area contributed by atoms with Crippen molar-refractivity contribution in [2.24, 2.45) is 0 Å². The Morgan fingerprint density at radius 3 is 2.62 bits per heavy atom. The number of halogens is 4. The number of rotatable bonds is 6. The Hall–Kier alpha value is -4.38. The third kappa shape index (κ3) is 5.26. The highest BCUT2D eigenvalue weighted by Gasteiger charge is 2.30. The fraction of sp³-hybridized carbons (Fsp3) is 0.120. The summed E-state index contributed by atoms with van der Waals surface area (Å²) in [5.41, 5.74) is 2.10. The summed E-state index contributed by atoms with van der Waals surface area (Å²) < 4.78 is 41.0. The van der Waals surface area contributed by atoms with Gasteiger partial charge in [0.25, 0.3) is 5.91 Å². The molecule has 5 rings (SSSR count). The number of aromatic amines is 1. The molecule has 188 valence electrons. The molecule has 37 heavy (non-hydrogen) atoms. The summed E-state index contributed by atoms with van der Waals surface area (Å²) in [5, 5.41) is 14.5. The molecule has 3 heterocycles. The zero-order valence-electron chi connectivity index (χ0n) is 19.3. The SMILES string of the molecule is CN(Cc1cccc(C(F)(F)F)c1)c1cc(-c2cn[nH]c2)n2nc(C(=O)Nc3ccc(Cl)cc3)cc2n1. The normalized spacial score (nSPS) is 11.6. The van der Waals surface area contributed by atoms with Crippen molar-refractivity contribution in [2.75, 3.05) is 17.3 Å². The molecule has 0 aliphatic heterocycles. The van der Waals surface area contributed by atoms with Gasteiger partial charge >= 0.3 is 6.18 Å². The summed E-state index contributed by atoms with van der Waals surface area (Å²) in [6, 6.07) is 15.1. The fourth-order valence-corrected chi connectivity index (χ4v) is 3.92. The van der Waals surface area contributed by atoms with Crippen LogP contribution in [0.4, 0.5) is 24.7 Å². The number of H-pyrrole nitrogens is 1. The van der Waals surface area contributed by atoms with Gasteiger partial charge in [-0.25, -0.2) is 9.50 Å². The minimum absolute atomic E-state index is 0.130. The van der Waals surface area contributed by atoms with Gasteiger partial charge in [-0.2, -0.15) is 23.4 Å². The van der Waals surface area contributed by atoms with E-state index in [1.54, 1.807) is 60.7 Å². The third-order valence-corrected chi connectivity index (χ3v) is 5.86. The Morgan fingerprint density at radius 2 is 1.92 bits per heavy atom. The van der Waals surface area contributed by atoms with E-state index in [-0.39, 0.29) is 12.2 Å². The number of fused-ring (bicyclic) bond motifs is 1. The molecule has 0 radical (unpaired) electrons. The van der Waals surface area contributed by atoms with Crippen LogP contribution in [-0.4, -0.2) is 37.8 Å². The Balaban J connectivity index is 1.49. The van der Waals surface area contributed by atoms with Gasteiger partial charge in [0, 0.05) is 48.2 Å². The lowest BCUT2D eigenvalue weighted by Crippen LogP contribution is -2.19. The van der Waals surface area contributed by atoms with Gasteiger partial charge in [0.2, 0.25) is 0 Å². The summed E-state index contributed by atoms with van der Waals surface area (Å²) in [6.45, 7) is 0.177. The average Bonchev–Trinajstić information content (AvgIpc) is 3.55. The number of aromatic nitrogens is 5. The Labute approximate surface area is 213 Å². The van der Waals surface area contributed by atoms with Gasteiger partial charge in [-0.1, -0.05) is 23.7 Å². The molecule has 0 aliphatic carbocycles. The van der Waals surface area contributed by atoms with Crippen LogP contribution in [0.2, 0.25) is 5.02 Å². The highest BCUT2D eigenvalue weighted by molar-refractivity contribution is 6.30. The first-order valence-corrected chi connectivity index (χ1v) is 11.4.